The van der Waals surface area contributed by atoms with Crippen LogP contribution in [0.1, 0.15) is 0 Å². The first kappa shape index (κ1) is 29.2. The van der Waals surface area contributed by atoms with Crippen LogP contribution < -0.4 is 4.90 Å². The molecule has 0 amide bonds. The molecule has 0 aliphatic heterocycles. The molecule has 240 valence electrons. The van der Waals surface area contributed by atoms with Crippen LogP contribution in [0.25, 0.3) is 72.0 Å². The van der Waals surface area contributed by atoms with E-state index >= 15 is 0 Å². The van der Waals surface area contributed by atoms with Gasteiger partial charge in [-0.05, 0) is 123 Å². The SMILES string of the molecule is Fc1ccc(-c2ccc(N(c3ccc(-c4ccc5c(c4)c4ccccc4n5-c4ccccc4)cc3)c3ccc4c(c3)-c3ccccc3-4)cc2)cc1. The molecule has 0 radical (unpaired) electrons. The molecule has 9 aromatic rings. The summed E-state index contributed by atoms with van der Waals surface area (Å²) in [5, 5.41) is 2.48. The quantitative estimate of drug-likeness (QED) is 0.173. The average molecular weight is 655 g/mol. The van der Waals surface area contributed by atoms with E-state index in [0.717, 1.165) is 39.4 Å². The number of hydrogen-bond donors (Lipinski definition) is 0. The van der Waals surface area contributed by atoms with Gasteiger partial charge >= 0.3 is 0 Å². The first-order valence-corrected chi connectivity index (χ1v) is 17.3. The van der Waals surface area contributed by atoms with Gasteiger partial charge in [-0.25, -0.2) is 4.39 Å². The van der Waals surface area contributed by atoms with Gasteiger partial charge in [0.05, 0.1) is 11.0 Å². The molecule has 8 aromatic carbocycles. The third-order valence-electron chi connectivity index (χ3n) is 10.2. The lowest BCUT2D eigenvalue weighted by molar-refractivity contribution is 0.628. The number of nitrogens with zero attached hydrogens (tertiary/aromatic N) is 2. The van der Waals surface area contributed by atoms with E-state index in [-0.39, 0.29) is 5.82 Å². The van der Waals surface area contributed by atoms with Crippen molar-refractivity contribution in [1.29, 1.82) is 0 Å². The van der Waals surface area contributed by atoms with Crippen LogP contribution in [-0.2, 0) is 0 Å². The number of para-hydroxylation sites is 2. The third-order valence-corrected chi connectivity index (χ3v) is 10.2. The fraction of sp³-hybridized carbons (Fsp3) is 0. The van der Waals surface area contributed by atoms with E-state index in [9.17, 15) is 4.39 Å². The lowest BCUT2D eigenvalue weighted by atomic mass is 9.80. The number of halogens is 1. The van der Waals surface area contributed by atoms with Crippen LogP contribution in [0.2, 0.25) is 0 Å². The largest absolute Gasteiger partial charge is 0.310 e. The predicted molar refractivity (Wildman–Crippen MR) is 211 cm³/mol. The molecule has 1 heterocycles. The Morgan fingerprint density at radius 2 is 0.863 bits per heavy atom. The summed E-state index contributed by atoms with van der Waals surface area (Å²) in [7, 11) is 0. The van der Waals surface area contributed by atoms with Crippen LogP contribution in [0, 0.1) is 5.82 Å². The standard InChI is InChI=1S/C48H31FN2/c49-36-21-14-32(15-22-36)33-16-23-38(24-17-33)50(40-27-28-43-41-10-4-5-11-42(41)45(43)31-40)39-25-18-34(19-26-39)35-20-29-48-46(30-35)44-12-6-7-13-47(44)51(48)37-8-2-1-3-9-37/h1-31H. The number of fused-ring (bicyclic) bond motifs is 7. The zero-order valence-corrected chi connectivity index (χ0v) is 27.7. The monoisotopic (exact) mass is 654 g/mol. The van der Waals surface area contributed by atoms with Crippen molar-refractivity contribution in [3.05, 3.63) is 194 Å². The average Bonchev–Trinajstić information content (AvgIpc) is 3.52. The molecule has 0 spiro atoms. The summed E-state index contributed by atoms with van der Waals surface area (Å²) in [4.78, 5) is 2.32. The predicted octanol–water partition coefficient (Wildman–Crippen LogP) is 13.4. The Balaban J connectivity index is 1.05. The molecule has 0 N–H and O–H groups in total. The second-order valence-electron chi connectivity index (χ2n) is 13.1. The molecule has 51 heavy (non-hydrogen) atoms. The normalized spacial score (nSPS) is 11.6. The van der Waals surface area contributed by atoms with Crippen molar-refractivity contribution in [1.82, 2.24) is 4.57 Å². The van der Waals surface area contributed by atoms with Gasteiger partial charge in [-0.1, -0.05) is 109 Å². The molecule has 0 atom stereocenters. The summed E-state index contributed by atoms with van der Waals surface area (Å²) in [6.07, 6.45) is 0. The number of rotatable bonds is 6. The molecule has 3 heteroatoms. The van der Waals surface area contributed by atoms with Crippen molar-refractivity contribution < 1.29 is 4.39 Å². The Hall–Kier alpha value is -6.71. The highest BCUT2D eigenvalue weighted by Crippen LogP contribution is 2.49. The van der Waals surface area contributed by atoms with Gasteiger partial charge in [0.2, 0.25) is 0 Å². The maximum atomic E-state index is 13.6. The third kappa shape index (κ3) is 4.86. The van der Waals surface area contributed by atoms with Gasteiger partial charge in [-0.2, -0.15) is 0 Å². The van der Waals surface area contributed by atoms with Gasteiger partial charge in [-0.3, -0.25) is 0 Å². The number of benzene rings is 8. The topological polar surface area (TPSA) is 8.17 Å². The minimum Gasteiger partial charge on any atom is -0.310 e. The van der Waals surface area contributed by atoms with Crippen LogP contribution in [0.5, 0.6) is 0 Å². The fourth-order valence-electron chi connectivity index (χ4n) is 7.72. The highest BCUT2D eigenvalue weighted by molar-refractivity contribution is 6.10. The summed E-state index contributed by atoms with van der Waals surface area (Å²) < 4.78 is 16.0. The van der Waals surface area contributed by atoms with Crippen molar-refractivity contribution >= 4 is 38.9 Å². The Kier molecular flexibility index (Phi) is 6.71. The van der Waals surface area contributed by atoms with Gasteiger partial charge in [0.1, 0.15) is 5.82 Å². The number of hydrogen-bond acceptors (Lipinski definition) is 1. The van der Waals surface area contributed by atoms with Gasteiger partial charge in [-0.15, -0.1) is 0 Å². The van der Waals surface area contributed by atoms with Crippen molar-refractivity contribution in [2.24, 2.45) is 0 Å². The van der Waals surface area contributed by atoms with Gasteiger partial charge < -0.3 is 9.47 Å². The minimum atomic E-state index is -0.230. The van der Waals surface area contributed by atoms with Crippen LogP contribution in [0.15, 0.2) is 188 Å². The lowest BCUT2D eigenvalue weighted by Gasteiger charge is -2.30. The van der Waals surface area contributed by atoms with E-state index in [1.165, 1.54) is 61.8 Å². The van der Waals surface area contributed by atoms with Crippen LogP contribution >= 0.6 is 0 Å². The van der Waals surface area contributed by atoms with E-state index in [1.54, 1.807) is 0 Å². The van der Waals surface area contributed by atoms with E-state index in [1.807, 2.05) is 12.1 Å². The maximum Gasteiger partial charge on any atom is 0.123 e. The highest BCUT2D eigenvalue weighted by atomic mass is 19.1. The van der Waals surface area contributed by atoms with E-state index in [2.05, 4.69) is 173 Å². The lowest BCUT2D eigenvalue weighted by Crippen LogP contribution is -2.11. The molecule has 0 bridgehead atoms. The van der Waals surface area contributed by atoms with Gasteiger partial charge in [0.25, 0.3) is 0 Å². The summed E-state index contributed by atoms with van der Waals surface area (Å²) >= 11 is 0. The molecular formula is C48H31FN2. The van der Waals surface area contributed by atoms with Gasteiger partial charge in [0.15, 0.2) is 0 Å². The summed E-state index contributed by atoms with van der Waals surface area (Å²) in [5.41, 5.74) is 16.3. The molecule has 0 unspecified atom stereocenters. The molecule has 2 nitrogen and oxygen atoms in total. The molecule has 1 aromatic heterocycles. The minimum absolute atomic E-state index is 0.230. The second-order valence-corrected chi connectivity index (χ2v) is 13.1. The second kappa shape index (κ2) is 11.7. The Morgan fingerprint density at radius 1 is 0.353 bits per heavy atom. The number of aromatic nitrogens is 1. The number of anilines is 3. The molecule has 0 saturated heterocycles. The smallest absolute Gasteiger partial charge is 0.123 e. The van der Waals surface area contributed by atoms with Crippen LogP contribution in [-0.4, -0.2) is 4.57 Å². The summed E-state index contributed by atoms with van der Waals surface area (Å²) in [5.74, 6) is -0.230. The maximum absolute atomic E-state index is 13.6. The summed E-state index contributed by atoms with van der Waals surface area (Å²) in [6.45, 7) is 0. The van der Waals surface area contributed by atoms with E-state index in [0.29, 0.717) is 0 Å². The zero-order valence-electron chi connectivity index (χ0n) is 27.7. The molecule has 0 saturated carbocycles. The summed E-state index contributed by atoms with van der Waals surface area (Å²) in [6, 6.07) is 65.5. The molecule has 0 fully saturated rings. The van der Waals surface area contributed by atoms with Crippen molar-refractivity contribution in [3.63, 3.8) is 0 Å². The van der Waals surface area contributed by atoms with Crippen molar-refractivity contribution in [3.8, 4) is 50.2 Å². The first-order valence-electron chi connectivity index (χ1n) is 17.3. The Labute approximate surface area is 295 Å². The Morgan fingerprint density at radius 3 is 1.57 bits per heavy atom. The van der Waals surface area contributed by atoms with Crippen LogP contribution in [0.4, 0.5) is 21.5 Å². The zero-order chi connectivity index (χ0) is 33.9. The van der Waals surface area contributed by atoms with Crippen molar-refractivity contribution in [2.45, 2.75) is 0 Å². The molecule has 1 aliphatic carbocycles. The van der Waals surface area contributed by atoms with E-state index in [4.69, 9.17) is 0 Å². The Bertz CT molecular complexity index is 2730. The van der Waals surface area contributed by atoms with E-state index < -0.39 is 0 Å². The van der Waals surface area contributed by atoms with Crippen molar-refractivity contribution in [2.75, 3.05) is 4.90 Å². The molecule has 1 aliphatic rings. The first-order chi connectivity index (χ1) is 25.2. The van der Waals surface area contributed by atoms with Crippen LogP contribution in [0.3, 0.4) is 0 Å². The highest BCUT2D eigenvalue weighted by Gasteiger charge is 2.24. The molecule has 10 rings (SSSR count). The fourth-order valence-corrected chi connectivity index (χ4v) is 7.72. The van der Waals surface area contributed by atoms with Gasteiger partial charge in [0, 0.05) is 33.5 Å². The molecular weight excluding hydrogens is 624 g/mol.